The summed E-state index contributed by atoms with van der Waals surface area (Å²) in [6.45, 7) is 5.82. The summed E-state index contributed by atoms with van der Waals surface area (Å²) in [6, 6.07) is 27.6. The SMILES string of the molecule is CCCCc1cc2c(-c3cc(C(F)(F)F)cc(C(F)(F)F)c3)c(C(C)C)ccc2[cH-]1.[Cl][Zr+2][Cl].[c-]1cccc2c1[Si]c1ccccc1-2. The zero-order valence-electron chi connectivity index (χ0n) is 25.3. The van der Waals surface area contributed by atoms with E-state index in [1.807, 2.05) is 38.1 Å². The van der Waals surface area contributed by atoms with E-state index in [1.54, 1.807) is 6.07 Å². The predicted octanol–water partition coefficient (Wildman–Crippen LogP) is 11.2. The number of unbranched alkanes of at least 4 members (excludes halogenated alkanes) is 1. The molecule has 238 valence electrons. The maximum Gasteiger partial charge on any atom is 0.0920 e. The van der Waals surface area contributed by atoms with Gasteiger partial charge in [0.2, 0.25) is 0 Å². The number of aryl methyl sites for hydroxylation is 1. The molecule has 6 rings (SSSR count). The van der Waals surface area contributed by atoms with E-state index in [0.717, 1.165) is 57.4 Å². The molecular weight excluding hydrogens is 737 g/mol. The van der Waals surface area contributed by atoms with E-state index in [4.69, 9.17) is 17.0 Å². The van der Waals surface area contributed by atoms with Crippen LogP contribution in [0.1, 0.15) is 61.8 Å². The number of hydrogen-bond donors (Lipinski definition) is 0. The summed E-state index contributed by atoms with van der Waals surface area (Å²) in [5.74, 6) is -0.0673. The Labute approximate surface area is 287 Å². The van der Waals surface area contributed by atoms with Crippen molar-refractivity contribution in [1.29, 1.82) is 0 Å². The van der Waals surface area contributed by atoms with E-state index in [2.05, 4.69) is 49.4 Å². The molecule has 0 spiro atoms. The van der Waals surface area contributed by atoms with Crippen molar-refractivity contribution in [3.05, 3.63) is 113 Å². The van der Waals surface area contributed by atoms with Crippen molar-refractivity contribution in [1.82, 2.24) is 0 Å². The molecule has 0 aromatic heterocycles. The zero-order valence-corrected chi connectivity index (χ0v) is 30.3. The number of alkyl halides is 6. The Hall–Kier alpha value is -2.25. The Morgan fingerprint density at radius 1 is 0.848 bits per heavy atom. The molecule has 1 aliphatic heterocycles. The van der Waals surface area contributed by atoms with Gasteiger partial charge < -0.3 is 0 Å². The summed E-state index contributed by atoms with van der Waals surface area (Å²) in [5, 5.41) is 4.34. The summed E-state index contributed by atoms with van der Waals surface area (Å²) in [6.07, 6.45) is -6.98. The van der Waals surface area contributed by atoms with Gasteiger partial charge in [-0.3, -0.25) is 0 Å². The fraction of sp³-hybridized carbons (Fsp3) is 0.250. The molecule has 1 heterocycles. The second-order valence-electron chi connectivity index (χ2n) is 11.1. The third-order valence-corrected chi connectivity index (χ3v) is 9.00. The first-order chi connectivity index (χ1) is 21.8. The van der Waals surface area contributed by atoms with Crippen molar-refractivity contribution in [2.75, 3.05) is 0 Å². The number of hydrogen-bond acceptors (Lipinski definition) is 0. The van der Waals surface area contributed by atoms with Gasteiger partial charge >= 0.3 is 50.2 Å². The molecule has 2 radical (unpaired) electrons. The van der Waals surface area contributed by atoms with Gasteiger partial charge in [0.05, 0.1) is 20.6 Å². The van der Waals surface area contributed by atoms with Crippen LogP contribution < -0.4 is 10.4 Å². The van der Waals surface area contributed by atoms with Gasteiger partial charge in [0.15, 0.2) is 0 Å². The molecule has 46 heavy (non-hydrogen) atoms. The number of rotatable bonds is 5. The molecular formula is C36H30Cl2F6SiZr. The van der Waals surface area contributed by atoms with Gasteiger partial charge in [0.1, 0.15) is 0 Å². The number of benzene rings is 4. The van der Waals surface area contributed by atoms with Crippen LogP contribution in [-0.2, 0) is 39.6 Å². The normalized spacial score (nSPS) is 12.1. The quantitative estimate of drug-likeness (QED) is 0.0931. The van der Waals surface area contributed by atoms with Crippen LogP contribution in [0.3, 0.4) is 0 Å². The molecule has 10 heteroatoms. The van der Waals surface area contributed by atoms with Crippen LogP contribution in [0.25, 0.3) is 33.0 Å². The molecule has 0 saturated heterocycles. The molecule has 0 N–H and O–H groups in total. The Balaban J connectivity index is 0.000000245. The first kappa shape index (κ1) is 36.6. The molecule has 0 amide bonds. The second-order valence-corrected chi connectivity index (χ2v) is 16.2. The summed E-state index contributed by atoms with van der Waals surface area (Å²) in [5.41, 5.74) is 2.33. The van der Waals surface area contributed by atoms with Gasteiger partial charge in [0, 0.05) is 0 Å². The molecule has 0 bridgehead atoms. The van der Waals surface area contributed by atoms with Crippen molar-refractivity contribution in [2.24, 2.45) is 0 Å². The summed E-state index contributed by atoms with van der Waals surface area (Å²) in [4.78, 5) is 0. The Bertz CT molecular complexity index is 1700. The van der Waals surface area contributed by atoms with Crippen LogP contribution in [0.5, 0.6) is 0 Å². The average Bonchev–Trinajstić information content (AvgIpc) is 3.60. The third-order valence-electron chi connectivity index (χ3n) is 7.63. The van der Waals surface area contributed by atoms with Crippen LogP contribution in [-0.4, -0.2) is 9.52 Å². The topological polar surface area (TPSA) is 0 Å². The fourth-order valence-electron chi connectivity index (χ4n) is 5.51. The fourth-order valence-corrected chi connectivity index (χ4v) is 6.82. The molecule has 0 fully saturated rings. The summed E-state index contributed by atoms with van der Waals surface area (Å²) < 4.78 is 80.4. The smallest absolute Gasteiger partial charge is 0.0920 e. The third kappa shape index (κ3) is 8.80. The minimum atomic E-state index is -4.87. The number of fused-ring (bicyclic) bond motifs is 4. The molecule has 1 aliphatic rings. The van der Waals surface area contributed by atoms with E-state index in [-0.39, 0.29) is 17.5 Å². The minimum absolute atomic E-state index is 0.0564. The van der Waals surface area contributed by atoms with Crippen molar-refractivity contribution in [3.63, 3.8) is 0 Å². The standard InChI is InChI=1S/C24H23F6.C12H7Si.2ClH.Zr/c1-4-5-6-15-9-16-7-8-20(14(2)3)22(21(16)10-15)17-11-18(23(25,26)27)13-19(12-17)24(28,29)30;1-3-7-11-9(5-1)10-6-2-4-8-12(10)13-11;;;/h7-14H,4-6H2,1-3H3;1-7H;2*1H;/q2*-1;;;+4/p-2. The monoisotopic (exact) mass is 764 g/mol. The Morgan fingerprint density at radius 2 is 1.48 bits per heavy atom. The largest absolute Gasteiger partial charge is 0.184 e. The van der Waals surface area contributed by atoms with Gasteiger partial charge in [-0.2, -0.15) is 61.9 Å². The van der Waals surface area contributed by atoms with Crippen molar-refractivity contribution >= 4 is 47.7 Å². The van der Waals surface area contributed by atoms with Gasteiger partial charge in [-0.05, 0) is 36.1 Å². The second kappa shape index (κ2) is 15.8. The van der Waals surface area contributed by atoms with Crippen LogP contribution in [0, 0.1) is 6.07 Å². The molecule has 0 nitrogen and oxygen atoms in total. The maximum absolute atomic E-state index is 13.4. The molecule has 0 unspecified atom stereocenters. The van der Waals surface area contributed by atoms with Gasteiger partial charge in [-0.25, -0.2) is 0 Å². The van der Waals surface area contributed by atoms with Crippen LogP contribution >= 0.6 is 17.0 Å². The molecule has 5 aromatic carbocycles. The first-order valence-electron chi connectivity index (χ1n) is 14.6. The van der Waals surface area contributed by atoms with Crippen LogP contribution in [0.4, 0.5) is 26.3 Å². The zero-order chi connectivity index (χ0) is 33.6. The van der Waals surface area contributed by atoms with Crippen molar-refractivity contribution in [3.8, 4) is 22.3 Å². The maximum atomic E-state index is 13.4. The van der Waals surface area contributed by atoms with Crippen molar-refractivity contribution in [2.45, 2.75) is 58.3 Å². The van der Waals surface area contributed by atoms with E-state index in [1.165, 1.54) is 21.5 Å². The Kier molecular flexibility index (Phi) is 12.5. The summed E-state index contributed by atoms with van der Waals surface area (Å²) >= 11 is -0.826. The van der Waals surface area contributed by atoms with E-state index in [0.29, 0.717) is 10.9 Å². The van der Waals surface area contributed by atoms with Crippen molar-refractivity contribution < 1.29 is 47.2 Å². The minimum Gasteiger partial charge on any atom is -0.184 e. The van der Waals surface area contributed by atoms with E-state index >= 15 is 0 Å². The van der Waals surface area contributed by atoms with Crippen LogP contribution in [0.15, 0.2) is 84.9 Å². The van der Waals surface area contributed by atoms with Gasteiger partial charge in [-0.15, -0.1) is 40.1 Å². The average molecular weight is 767 g/mol. The van der Waals surface area contributed by atoms with E-state index in [9.17, 15) is 26.3 Å². The molecule has 0 saturated carbocycles. The molecule has 0 atom stereocenters. The summed E-state index contributed by atoms with van der Waals surface area (Å²) in [7, 11) is 10.7. The van der Waals surface area contributed by atoms with Crippen LogP contribution in [0.2, 0.25) is 0 Å². The Morgan fingerprint density at radius 3 is 2.09 bits per heavy atom. The van der Waals surface area contributed by atoms with E-state index < -0.39 is 44.3 Å². The predicted molar refractivity (Wildman–Crippen MR) is 175 cm³/mol. The molecule has 5 aromatic rings. The number of halogens is 8. The first-order valence-corrected chi connectivity index (χ1v) is 22.0. The molecule has 0 aliphatic carbocycles. The van der Waals surface area contributed by atoms with Gasteiger partial charge in [0.25, 0.3) is 0 Å². The van der Waals surface area contributed by atoms with Gasteiger partial charge in [-0.1, -0.05) is 79.8 Å².